The number of esters is 1. The summed E-state index contributed by atoms with van der Waals surface area (Å²) in [7, 11) is 1.56. The summed E-state index contributed by atoms with van der Waals surface area (Å²) in [6, 6.07) is 4.66. The first-order chi connectivity index (χ1) is 11.3. The molecule has 0 fully saturated rings. The van der Waals surface area contributed by atoms with Gasteiger partial charge in [-0.1, -0.05) is 25.5 Å². The van der Waals surface area contributed by atoms with Crippen LogP contribution in [-0.2, 0) is 9.53 Å². The van der Waals surface area contributed by atoms with Crippen LogP contribution in [0.2, 0.25) is 0 Å². The van der Waals surface area contributed by atoms with E-state index in [1.165, 1.54) is 0 Å². The molecule has 6 heteroatoms. The van der Waals surface area contributed by atoms with Crippen molar-refractivity contribution in [1.29, 1.82) is 0 Å². The molecule has 0 radical (unpaired) electrons. The van der Waals surface area contributed by atoms with Crippen LogP contribution in [0, 0.1) is 12.8 Å². The van der Waals surface area contributed by atoms with E-state index in [2.05, 4.69) is 10.6 Å². The molecule has 6 nitrogen and oxygen atoms in total. The molecule has 0 saturated carbocycles. The monoisotopic (exact) mass is 332 g/mol. The fourth-order valence-corrected chi connectivity index (χ4v) is 2.60. The Morgan fingerprint density at radius 3 is 2.62 bits per heavy atom. The SMILES string of the molecule is COc1ccc(C)cc1[C@@H]1NC(=O)NC(C)=C1C(=O)OCC(C)C. The highest BCUT2D eigenvalue weighted by Gasteiger charge is 2.34. The molecule has 0 unspecified atom stereocenters. The van der Waals surface area contributed by atoms with Crippen molar-refractivity contribution in [3.8, 4) is 5.75 Å². The molecule has 0 saturated heterocycles. The number of aryl methyl sites for hydroxylation is 1. The molecule has 0 bridgehead atoms. The van der Waals surface area contributed by atoms with Gasteiger partial charge in [-0.2, -0.15) is 0 Å². The predicted molar refractivity (Wildman–Crippen MR) is 90.6 cm³/mol. The van der Waals surface area contributed by atoms with E-state index in [9.17, 15) is 9.59 Å². The van der Waals surface area contributed by atoms with Gasteiger partial charge in [-0.05, 0) is 31.9 Å². The van der Waals surface area contributed by atoms with Gasteiger partial charge in [0.2, 0.25) is 0 Å². The zero-order valence-corrected chi connectivity index (χ0v) is 14.7. The summed E-state index contributed by atoms with van der Waals surface area (Å²) in [5.41, 5.74) is 2.61. The van der Waals surface area contributed by atoms with Crippen LogP contribution >= 0.6 is 0 Å². The van der Waals surface area contributed by atoms with Crippen LogP contribution in [0.1, 0.15) is 37.9 Å². The number of methoxy groups -OCH3 is 1. The highest BCUT2D eigenvalue weighted by molar-refractivity contribution is 5.95. The van der Waals surface area contributed by atoms with Crippen LogP contribution < -0.4 is 15.4 Å². The maximum Gasteiger partial charge on any atom is 0.338 e. The molecular formula is C18H24N2O4. The molecule has 1 atom stereocenters. The molecule has 1 aliphatic heterocycles. The van der Waals surface area contributed by atoms with E-state index in [1.54, 1.807) is 14.0 Å². The van der Waals surface area contributed by atoms with Gasteiger partial charge in [-0.15, -0.1) is 0 Å². The molecular weight excluding hydrogens is 308 g/mol. The quantitative estimate of drug-likeness (QED) is 0.813. The van der Waals surface area contributed by atoms with E-state index in [1.807, 2.05) is 39.0 Å². The lowest BCUT2D eigenvalue weighted by atomic mass is 9.93. The number of hydrogen-bond donors (Lipinski definition) is 2. The van der Waals surface area contributed by atoms with E-state index in [4.69, 9.17) is 9.47 Å². The largest absolute Gasteiger partial charge is 0.496 e. The molecule has 0 aromatic heterocycles. The number of rotatable bonds is 5. The fourth-order valence-electron chi connectivity index (χ4n) is 2.60. The average Bonchev–Trinajstić information content (AvgIpc) is 2.51. The predicted octanol–water partition coefficient (Wildman–Crippen LogP) is 2.83. The van der Waals surface area contributed by atoms with Gasteiger partial charge >= 0.3 is 12.0 Å². The lowest BCUT2D eigenvalue weighted by Gasteiger charge is -2.29. The Morgan fingerprint density at radius 1 is 1.29 bits per heavy atom. The van der Waals surface area contributed by atoms with Crippen molar-refractivity contribution in [3.63, 3.8) is 0 Å². The number of ether oxygens (including phenoxy) is 2. The third kappa shape index (κ3) is 3.88. The zero-order chi connectivity index (χ0) is 17.9. The molecule has 2 amide bonds. The Labute approximate surface area is 142 Å². The number of hydrogen-bond acceptors (Lipinski definition) is 4. The molecule has 2 rings (SSSR count). The standard InChI is InChI=1S/C18H24N2O4/c1-10(2)9-24-17(21)15-12(4)19-18(22)20-16(15)13-8-11(3)6-7-14(13)23-5/h6-8,10,16H,9H2,1-5H3,(H2,19,20,22)/t16-/m0/s1. The Balaban J connectivity index is 2.45. The van der Waals surface area contributed by atoms with Crippen LogP contribution in [0.3, 0.4) is 0 Å². The first-order valence-electron chi connectivity index (χ1n) is 7.93. The van der Waals surface area contributed by atoms with Crippen molar-refractivity contribution < 1.29 is 19.1 Å². The lowest BCUT2D eigenvalue weighted by molar-refractivity contribution is -0.140. The van der Waals surface area contributed by atoms with Crippen LogP contribution in [0.4, 0.5) is 4.79 Å². The summed E-state index contributed by atoms with van der Waals surface area (Å²) in [4.78, 5) is 24.5. The molecule has 0 aliphatic carbocycles. The van der Waals surface area contributed by atoms with Crippen molar-refractivity contribution in [2.24, 2.45) is 5.92 Å². The van der Waals surface area contributed by atoms with Crippen molar-refractivity contribution in [1.82, 2.24) is 10.6 Å². The van der Waals surface area contributed by atoms with Gasteiger partial charge in [0.15, 0.2) is 0 Å². The van der Waals surface area contributed by atoms with Gasteiger partial charge in [-0.3, -0.25) is 0 Å². The molecule has 2 N–H and O–H groups in total. The van der Waals surface area contributed by atoms with Crippen LogP contribution in [-0.4, -0.2) is 25.7 Å². The van der Waals surface area contributed by atoms with Gasteiger partial charge in [-0.25, -0.2) is 9.59 Å². The van der Waals surface area contributed by atoms with Crippen LogP contribution in [0.15, 0.2) is 29.5 Å². The second-order valence-corrected chi connectivity index (χ2v) is 6.31. The summed E-state index contributed by atoms with van der Waals surface area (Å²) in [5, 5.41) is 5.43. The minimum absolute atomic E-state index is 0.230. The zero-order valence-electron chi connectivity index (χ0n) is 14.7. The minimum Gasteiger partial charge on any atom is -0.496 e. The van der Waals surface area contributed by atoms with Crippen LogP contribution in [0.25, 0.3) is 0 Å². The van der Waals surface area contributed by atoms with Crippen molar-refractivity contribution in [2.45, 2.75) is 33.7 Å². The second-order valence-electron chi connectivity index (χ2n) is 6.31. The van der Waals surface area contributed by atoms with E-state index >= 15 is 0 Å². The molecule has 1 aliphatic rings. The highest BCUT2D eigenvalue weighted by Crippen LogP contribution is 2.34. The smallest absolute Gasteiger partial charge is 0.338 e. The maximum atomic E-state index is 12.6. The number of urea groups is 1. The first-order valence-corrected chi connectivity index (χ1v) is 7.93. The topological polar surface area (TPSA) is 76.7 Å². The Hall–Kier alpha value is -2.50. The number of allylic oxidation sites excluding steroid dienone is 1. The molecule has 1 aromatic rings. The van der Waals surface area contributed by atoms with Crippen molar-refractivity contribution in [3.05, 3.63) is 40.6 Å². The van der Waals surface area contributed by atoms with Crippen molar-refractivity contribution >= 4 is 12.0 Å². The number of carbonyl (C=O) groups is 2. The summed E-state index contributed by atoms with van der Waals surface area (Å²) in [5.74, 6) is 0.393. The number of amides is 2. The summed E-state index contributed by atoms with van der Waals surface area (Å²) in [6.45, 7) is 7.90. The summed E-state index contributed by atoms with van der Waals surface area (Å²) in [6.07, 6.45) is 0. The summed E-state index contributed by atoms with van der Waals surface area (Å²) < 4.78 is 10.8. The fraction of sp³-hybridized carbons (Fsp3) is 0.444. The summed E-state index contributed by atoms with van der Waals surface area (Å²) >= 11 is 0. The molecule has 0 spiro atoms. The van der Waals surface area contributed by atoms with E-state index < -0.39 is 12.0 Å². The lowest BCUT2D eigenvalue weighted by Crippen LogP contribution is -2.45. The van der Waals surface area contributed by atoms with Crippen LogP contribution in [0.5, 0.6) is 5.75 Å². The second kappa shape index (κ2) is 7.38. The Morgan fingerprint density at radius 2 is 2.00 bits per heavy atom. The molecule has 24 heavy (non-hydrogen) atoms. The van der Waals surface area contributed by atoms with Gasteiger partial charge in [0, 0.05) is 11.3 Å². The van der Waals surface area contributed by atoms with E-state index in [0.717, 1.165) is 11.1 Å². The van der Waals surface area contributed by atoms with Crippen molar-refractivity contribution in [2.75, 3.05) is 13.7 Å². The third-order valence-electron chi connectivity index (χ3n) is 3.73. The van der Waals surface area contributed by atoms with Gasteiger partial charge in [0.1, 0.15) is 5.75 Å². The van der Waals surface area contributed by atoms with Gasteiger partial charge in [0.05, 0.1) is 25.3 Å². The third-order valence-corrected chi connectivity index (χ3v) is 3.73. The average molecular weight is 332 g/mol. The number of nitrogens with one attached hydrogen (secondary N) is 2. The van der Waals surface area contributed by atoms with Gasteiger partial charge in [0.25, 0.3) is 0 Å². The molecule has 1 heterocycles. The number of carbonyl (C=O) groups excluding carboxylic acids is 2. The maximum absolute atomic E-state index is 12.6. The molecule has 1 aromatic carbocycles. The first kappa shape index (κ1) is 17.8. The Kier molecular flexibility index (Phi) is 5.49. The molecule has 130 valence electrons. The Bertz CT molecular complexity index is 680. The van der Waals surface area contributed by atoms with E-state index in [-0.39, 0.29) is 11.9 Å². The minimum atomic E-state index is -0.617. The highest BCUT2D eigenvalue weighted by atomic mass is 16.5. The normalized spacial score (nSPS) is 17.4. The number of benzene rings is 1. The van der Waals surface area contributed by atoms with Gasteiger partial charge < -0.3 is 20.1 Å². The van der Waals surface area contributed by atoms with E-state index in [0.29, 0.717) is 23.6 Å².